The van der Waals surface area contributed by atoms with Gasteiger partial charge in [0.05, 0.1) is 4.90 Å². The molecule has 0 saturated carbocycles. The predicted molar refractivity (Wildman–Crippen MR) is 80.0 cm³/mol. The Hall–Kier alpha value is -1.70. The maximum absolute atomic E-state index is 12.2. The van der Waals surface area contributed by atoms with E-state index in [9.17, 15) is 8.42 Å². The number of benzene rings is 1. The quantitative estimate of drug-likeness (QED) is 0.727. The van der Waals surface area contributed by atoms with Crippen molar-refractivity contribution in [2.75, 3.05) is 0 Å². The van der Waals surface area contributed by atoms with Gasteiger partial charge in [-0.3, -0.25) is 0 Å². The number of thiophene rings is 1. The molecule has 5 nitrogen and oxygen atoms in total. The van der Waals surface area contributed by atoms with E-state index in [-0.39, 0.29) is 16.5 Å². The summed E-state index contributed by atoms with van der Waals surface area (Å²) in [6.07, 6.45) is 0. The molecule has 0 radical (unpaired) electrons. The van der Waals surface area contributed by atoms with Gasteiger partial charge in [0, 0.05) is 16.0 Å². The van der Waals surface area contributed by atoms with E-state index in [0.717, 1.165) is 5.56 Å². The first kappa shape index (κ1) is 14.2. The van der Waals surface area contributed by atoms with Gasteiger partial charge in [0.25, 0.3) is 0 Å². The second kappa shape index (κ2) is 5.59. The Bertz CT molecular complexity index is 840. The zero-order chi connectivity index (χ0) is 14.9. The van der Waals surface area contributed by atoms with Crippen LogP contribution in [0.1, 0.15) is 5.89 Å². The van der Waals surface area contributed by atoms with Gasteiger partial charge in [-0.25, -0.2) is 8.42 Å². The molecule has 0 atom stereocenters. The van der Waals surface area contributed by atoms with Gasteiger partial charge in [-0.1, -0.05) is 16.8 Å². The van der Waals surface area contributed by atoms with Crippen LogP contribution in [-0.4, -0.2) is 18.6 Å². The van der Waals surface area contributed by atoms with E-state index >= 15 is 0 Å². The van der Waals surface area contributed by atoms with Crippen molar-refractivity contribution in [3.63, 3.8) is 0 Å². The number of aromatic nitrogens is 2. The zero-order valence-electron chi connectivity index (χ0n) is 10.6. The summed E-state index contributed by atoms with van der Waals surface area (Å²) in [6.45, 7) is 0. The van der Waals surface area contributed by atoms with Gasteiger partial charge in [0.15, 0.2) is 9.84 Å². The fourth-order valence-electron chi connectivity index (χ4n) is 1.71. The molecule has 1 aromatic carbocycles. The van der Waals surface area contributed by atoms with E-state index < -0.39 is 9.84 Å². The van der Waals surface area contributed by atoms with Crippen LogP contribution in [0.2, 0.25) is 5.02 Å². The molecule has 108 valence electrons. The highest BCUT2D eigenvalue weighted by atomic mass is 35.5. The number of hydrogen-bond donors (Lipinski definition) is 0. The third kappa shape index (κ3) is 3.15. The summed E-state index contributed by atoms with van der Waals surface area (Å²) < 4.78 is 29.5. The van der Waals surface area contributed by atoms with Crippen LogP contribution in [0, 0.1) is 0 Å². The molecule has 0 unspecified atom stereocenters. The highest BCUT2D eigenvalue weighted by Crippen LogP contribution is 2.21. The standard InChI is InChI=1S/C13H9ClN2O3S2/c14-10-1-3-11(4-2-10)21(17,18)8-12-15-13(16-19-12)9-5-6-20-7-9/h1-7H,8H2. The average molecular weight is 341 g/mol. The van der Waals surface area contributed by atoms with Gasteiger partial charge in [-0.05, 0) is 35.7 Å². The van der Waals surface area contributed by atoms with Crippen molar-refractivity contribution in [3.05, 3.63) is 52.0 Å². The van der Waals surface area contributed by atoms with Crippen LogP contribution < -0.4 is 0 Å². The van der Waals surface area contributed by atoms with Crippen molar-refractivity contribution < 1.29 is 12.9 Å². The highest BCUT2D eigenvalue weighted by Gasteiger charge is 2.20. The molecule has 21 heavy (non-hydrogen) atoms. The summed E-state index contributed by atoms with van der Waals surface area (Å²) in [5.41, 5.74) is 0.805. The lowest BCUT2D eigenvalue weighted by Crippen LogP contribution is -2.05. The third-order valence-electron chi connectivity index (χ3n) is 2.73. The number of halogens is 1. The molecular weight excluding hydrogens is 332 g/mol. The summed E-state index contributed by atoms with van der Waals surface area (Å²) in [5, 5.41) is 8.01. The van der Waals surface area contributed by atoms with Crippen molar-refractivity contribution in [2.24, 2.45) is 0 Å². The highest BCUT2D eigenvalue weighted by molar-refractivity contribution is 7.90. The molecule has 0 aliphatic rings. The first-order valence-electron chi connectivity index (χ1n) is 5.88. The lowest BCUT2D eigenvalue weighted by atomic mass is 10.3. The van der Waals surface area contributed by atoms with Crippen molar-refractivity contribution in [2.45, 2.75) is 10.6 Å². The molecule has 2 aromatic heterocycles. The minimum atomic E-state index is -3.54. The van der Waals surface area contributed by atoms with Gasteiger partial charge >= 0.3 is 0 Å². The fraction of sp³-hybridized carbons (Fsp3) is 0.0769. The SMILES string of the molecule is O=S(=O)(Cc1nc(-c2ccsc2)no1)c1ccc(Cl)cc1. The summed E-state index contributed by atoms with van der Waals surface area (Å²) in [4.78, 5) is 4.27. The minimum Gasteiger partial charge on any atom is -0.338 e. The van der Waals surface area contributed by atoms with Crippen molar-refractivity contribution in [1.82, 2.24) is 10.1 Å². The maximum atomic E-state index is 12.2. The van der Waals surface area contributed by atoms with E-state index in [1.54, 1.807) is 0 Å². The lowest BCUT2D eigenvalue weighted by Gasteiger charge is -2.01. The van der Waals surface area contributed by atoms with Crippen molar-refractivity contribution in [1.29, 1.82) is 0 Å². The molecule has 0 fully saturated rings. The Morgan fingerprint density at radius 2 is 1.95 bits per heavy atom. The number of nitrogens with zero attached hydrogens (tertiary/aromatic N) is 2. The average Bonchev–Trinajstić information content (AvgIpc) is 3.09. The molecule has 0 spiro atoms. The summed E-state index contributed by atoms with van der Waals surface area (Å²) in [7, 11) is -3.54. The Morgan fingerprint density at radius 1 is 1.19 bits per heavy atom. The Morgan fingerprint density at radius 3 is 2.62 bits per heavy atom. The summed E-state index contributed by atoms with van der Waals surface area (Å²) in [6, 6.07) is 7.80. The Balaban J connectivity index is 1.84. The van der Waals surface area contributed by atoms with Crippen LogP contribution in [0.3, 0.4) is 0 Å². The van der Waals surface area contributed by atoms with Gasteiger partial charge in [0.1, 0.15) is 5.75 Å². The minimum absolute atomic E-state index is 0.0613. The van der Waals surface area contributed by atoms with Crippen LogP contribution in [0.5, 0.6) is 0 Å². The second-order valence-corrected chi connectivity index (χ2v) is 7.44. The third-order valence-corrected chi connectivity index (χ3v) is 5.29. The predicted octanol–water partition coefficient (Wildman–Crippen LogP) is 3.43. The number of sulfone groups is 1. The van der Waals surface area contributed by atoms with E-state index in [4.69, 9.17) is 16.1 Å². The summed E-state index contributed by atoms with van der Waals surface area (Å²) >= 11 is 7.25. The van der Waals surface area contributed by atoms with E-state index in [1.165, 1.54) is 35.6 Å². The monoisotopic (exact) mass is 340 g/mol. The van der Waals surface area contributed by atoms with Gasteiger partial charge in [-0.2, -0.15) is 16.3 Å². The largest absolute Gasteiger partial charge is 0.338 e. The van der Waals surface area contributed by atoms with E-state index in [0.29, 0.717) is 10.8 Å². The smallest absolute Gasteiger partial charge is 0.242 e. The van der Waals surface area contributed by atoms with Crippen LogP contribution >= 0.6 is 22.9 Å². The van der Waals surface area contributed by atoms with Crippen molar-refractivity contribution >= 4 is 32.8 Å². The number of rotatable bonds is 4. The second-order valence-electron chi connectivity index (χ2n) is 4.24. The number of hydrogen-bond acceptors (Lipinski definition) is 6. The van der Waals surface area contributed by atoms with Gasteiger partial charge in [-0.15, -0.1) is 0 Å². The van der Waals surface area contributed by atoms with Crippen LogP contribution in [-0.2, 0) is 15.6 Å². The zero-order valence-corrected chi connectivity index (χ0v) is 13.0. The molecule has 0 saturated heterocycles. The van der Waals surface area contributed by atoms with E-state index in [2.05, 4.69) is 10.1 Å². The molecule has 3 rings (SSSR count). The molecular formula is C13H9ClN2O3S2. The first-order valence-corrected chi connectivity index (χ1v) is 8.85. The molecule has 0 aliphatic carbocycles. The lowest BCUT2D eigenvalue weighted by molar-refractivity contribution is 0.389. The van der Waals surface area contributed by atoms with Crippen molar-refractivity contribution in [3.8, 4) is 11.4 Å². The molecule has 0 N–H and O–H groups in total. The normalized spacial score (nSPS) is 11.7. The molecule has 0 bridgehead atoms. The molecule has 0 amide bonds. The van der Waals surface area contributed by atoms with Crippen LogP contribution in [0.15, 0.2) is 50.5 Å². The first-order chi connectivity index (χ1) is 10.0. The molecule has 2 heterocycles. The van der Waals surface area contributed by atoms with Crippen LogP contribution in [0.25, 0.3) is 11.4 Å². The van der Waals surface area contributed by atoms with Gasteiger partial charge < -0.3 is 4.52 Å². The Labute approximate surface area is 130 Å². The summed E-state index contributed by atoms with van der Waals surface area (Å²) in [5.74, 6) is 0.106. The molecule has 8 heteroatoms. The molecule has 3 aromatic rings. The van der Waals surface area contributed by atoms with E-state index in [1.807, 2.05) is 16.8 Å². The Kier molecular flexibility index (Phi) is 3.79. The molecule has 0 aliphatic heterocycles. The van der Waals surface area contributed by atoms with Gasteiger partial charge in [0.2, 0.25) is 11.7 Å². The topological polar surface area (TPSA) is 73.1 Å². The maximum Gasteiger partial charge on any atom is 0.242 e. The fourth-order valence-corrected chi connectivity index (χ4v) is 3.63. The van der Waals surface area contributed by atoms with Crippen LogP contribution in [0.4, 0.5) is 0 Å².